The Morgan fingerprint density at radius 2 is 0.469 bits per heavy atom. The van der Waals surface area contributed by atoms with E-state index in [0.717, 1.165) is 125 Å². The molecular formula is C56H76N4O4. The van der Waals surface area contributed by atoms with Gasteiger partial charge in [0.25, 0.3) is 23.6 Å². The van der Waals surface area contributed by atoms with Crippen LogP contribution in [-0.2, 0) is 26.2 Å². The number of amides is 4. The molecule has 4 aromatic carbocycles. The Morgan fingerprint density at radius 1 is 0.281 bits per heavy atom. The van der Waals surface area contributed by atoms with Gasteiger partial charge in [-0.25, -0.2) is 0 Å². The van der Waals surface area contributed by atoms with Gasteiger partial charge in [-0.1, -0.05) is 153 Å². The third-order valence-electron chi connectivity index (χ3n) is 12.6. The van der Waals surface area contributed by atoms with Crippen LogP contribution in [0.4, 0.5) is 0 Å². The Kier molecular flexibility index (Phi) is 21.1. The summed E-state index contributed by atoms with van der Waals surface area (Å²) in [5, 5.41) is 0. The van der Waals surface area contributed by atoms with Crippen molar-refractivity contribution >= 4 is 23.6 Å². The monoisotopic (exact) mass is 869 g/mol. The first-order chi connectivity index (χ1) is 31.2. The van der Waals surface area contributed by atoms with E-state index in [1.54, 1.807) is 0 Å². The van der Waals surface area contributed by atoms with Gasteiger partial charge in [0.1, 0.15) is 0 Å². The largest absolute Gasteiger partial charge is 0.334 e. The highest BCUT2D eigenvalue weighted by Gasteiger charge is 2.22. The summed E-state index contributed by atoms with van der Waals surface area (Å²) in [5.74, 6) is -0.0761. The molecule has 7 aliphatic rings. The number of carbonyl (C=O) groups excluding carboxylic acids is 4. The molecule has 8 heteroatoms. The van der Waals surface area contributed by atoms with Gasteiger partial charge in [-0.05, 0) is 96.5 Å². The lowest BCUT2D eigenvalue weighted by Crippen LogP contribution is -2.33. The lowest BCUT2D eigenvalue weighted by molar-refractivity contribution is 0.0727. The highest BCUT2D eigenvalue weighted by Crippen LogP contribution is 2.21. The van der Waals surface area contributed by atoms with Gasteiger partial charge in [-0.3, -0.25) is 19.2 Å². The lowest BCUT2D eigenvalue weighted by atomic mass is 10.1. The minimum absolute atomic E-state index is 0.0190. The molecule has 0 aliphatic carbocycles. The maximum absolute atomic E-state index is 14.2. The summed E-state index contributed by atoms with van der Waals surface area (Å²) in [6.07, 6.45) is 16.9. The van der Waals surface area contributed by atoms with Gasteiger partial charge in [0.05, 0.1) is 0 Å². The summed E-state index contributed by atoms with van der Waals surface area (Å²) < 4.78 is 0. The first-order valence-corrected chi connectivity index (χ1v) is 24.8. The molecule has 0 aromatic heterocycles. The smallest absolute Gasteiger partial charge is 0.254 e. The Bertz CT molecular complexity index is 1720. The van der Waals surface area contributed by atoms with Gasteiger partial charge in [-0.2, -0.15) is 0 Å². The van der Waals surface area contributed by atoms with Crippen molar-refractivity contribution in [3.8, 4) is 0 Å². The topological polar surface area (TPSA) is 81.2 Å². The van der Waals surface area contributed by atoms with Gasteiger partial charge < -0.3 is 19.6 Å². The Balaban J connectivity index is 1.49. The predicted octanol–water partition coefficient (Wildman–Crippen LogP) is 12.9. The van der Waals surface area contributed by atoms with Crippen molar-refractivity contribution in [3.05, 3.63) is 142 Å². The molecule has 0 radical (unpaired) electrons. The summed E-state index contributed by atoms with van der Waals surface area (Å²) in [7, 11) is 0. The van der Waals surface area contributed by atoms with Crippen molar-refractivity contribution in [1.29, 1.82) is 0 Å². The first kappa shape index (κ1) is 49.8. The van der Waals surface area contributed by atoms with Gasteiger partial charge in [0, 0.05) is 74.6 Å². The van der Waals surface area contributed by atoms with Crippen LogP contribution in [0, 0.1) is 0 Å². The van der Waals surface area contributed by atoms with Gasteiger partial charge in [0.2, 0.25) is 0 Å². The summed E-state index contributed by atoms with van der Waals surface area (Å²) >= 11 is 0. The quantitative estimate of drug-likeness (QED) is 0.0829. The molecule has 344 valence electrons. The zero-order chi connectivity index (χ0) is 45.5. The second-order valence-electron chi connectivity index (χ2n) is 17.9. The van der Waals surface area contributed by atoms with E-state index in [2.05, 4.69) is 27.7 Å². The molecule has 4 amide bonds. The van der Waals surface area contributed by atoms with E-state index in [1.807, 2.05) is 117 Å². The van der Waals surface area contributed by atoms with Crippen LogP contribution in [-0.4, -0.2) is 69.4 Å². The third kappa shape index (κ3) is 15.5. The van der Waals surface area contributed by atoms with E-state index in [0.29, 0.717) is 74.6 Å². The predicted molar refractivity (Wildman–Crippen MR) is 261 cm³/mol. The number of hydrogen-bond acceptors (Lipinski definition) is 4. The van der Waals surface area contributed by atoms with Gasteiger partial charge in [0.15, 0.2) is 0 Å². The van der Waals surface area contributed by atoms with Crippen molar-refractivity contribution in [2.45, 2.75) is 157 Å². The fourth-order valence-corrected chi connectivity index (χ4v) is 8.55. The molecule has 64 heavy (non-hydrogen) atoms. The first-order valence-electron chi connectivity index (χ1n) is 24.8. The van der Waals surface area contributed by atoms with Crippen molar-refractivity contribution < 1.29 is 19.2 Å². The summed E-state index contributed by atoms with van der Waals surface area (Å²) in [5.41, 5.74) is 6.41. The fourth-order valence-electron chi connectivity index (χ4n) is 8.55. The molecule has 0 N–H and O–H groups in total. The Hall–Kier alpha value is -5.24. The molecule has 0 atom stereocenters. The lowest BCUT2D eigenvalue weighted by Gasteiger charge is -2.26. The van der Waals surface area contributed by atoms with E-state index >= 15 is 0 Å². The second kappa shape index (κ2) is 27.2. The van der Waals surface area contributed by atoms with Gasteiger partial charge in [-0.15, -0.1) is 0 Å². The number of nitrogens with zero attached hydrogens (tertiary/aromatic N) is 4. The van der Waals surface area contributed by atoms with E-state index in [1.165, 1.54) is 0 Å². The summed E-state index contributed by atoms with van der Waals surface area (Å²) in [6.45, 7) is 13.1. The van der Waals surface area contributed by atoms with Crippen LogP contribution in [0.2, 0.25) is 0 Å². The number of hydrogen-bond donors (Lipinski definition) is 0. The van der Waals surface area contributed by atoms with E-state index < -0.39 is 0 Å². The van der Waals surface area contributed by atoms with Crippen molar-refractivity contribution in [2.24, 2.45) is 0 Å². The van der Waals surface area contributed by atoms with Crippen LogP contribution in [0.15, 0.2) is 97.1 Å². The molecule has 4 aromatic rings. The average Bonchev–Trinajstić information content (AvgIpc) is 3.32. The van der Waals surface area contributed by atoms with Crippen LogP contribution in [0.5, 0.6) is 0 Å². The SMILES string of the molecule is CCCCCCN1Cc2ccc(cc2)C(=O)N(CCCCCC)Cc2ccc(cc2)C(=O)N(CCCCCC)Cc2ccc(cc2)C(=O)N(CCCCCC)Cc2ccc(cc2)C1=O. The van der Waals surface area contributed by atoms with Crippen LogP contribution >= 0.6 is 0 Å². The second-order valence-corrected chi connectivity index (χ2v) is 17.9. The van der Waals surface area contributed by atoms with Crippen molar-refractivity contribution in [2.75, 3.05) is 26.2 Å². The summed E-state index contributed by atoms with van der Waals surface area (Å²) in [6, 6.07) is 31.1. The van der Waals surface area contributed by atoms with Crippen LogP contribution < -0.4 is 0 Å². The Labute approximate surface area is 385 Å². The highest BCUT2D eigenvalue weighted by atomic mass is 16.2. The summed E-state index contributed by atoms with van der Waals surface area (Å²) in [4.78, 5) is 64.5. The van der Waals surface area contributed by atoms with Crippen LogP contribution in [0.1, 0.15) is 194 Å². The van der Waals surface area contributed by atoms with Crippen LogP contribution in [0.3, 0.4) is 0 Å². The minimum Gasteiger partial charge on any atom is -0.334 e. The average molecular weight is 869 g/mol. The molecule has 0 saturated heterocycles. The number of carbonyl (C=O) groups is 4. The molecule has 0 spiro atoms. The molecule has 0 saturated carbocycles. The number of unbranched alkanes of at least 4 members (excludes halogenated alkanes) is 12. The molecule has 0 fully saturated rings. The molecule has 11 rings (SSSR count). The third-order valence-corrected chi connectivity index (χ3v) is 12.6. The number of rotatable bonds is 20. The maximum atomic E-state index is 14.2. The highest BCUT2D eigenvalue weighted by molar-refractivity contribution is 5.96. The molecule has 7 heterocycles. The van der Waals surface area contributed by atoms with Crippen molar-refractivity contribution in [3.63, 3.8) is 0 Å². The van der Waals surface area contributed by atoms with E-state index in [9.17, 15) is 19.2 Å². The number of benzene rings is 4. The molecule has 7 aliphatic heterocycles. The van der Waals surface area contributed by atoms with E-state index in [-0.39, 0.29) is 23.6 Å². The molecule has 8 bridgehead atoms. The zero-order valence-electron chi connectivity index (χ0n) is 39.6. The standard InChI is InChI=1S/C56H76N4O4/c1-5-9-13-17-37-57-41-45-21-31-50(32-22-45)54(62)59(39-19-15-11-7-3)43-47-25-35-52(36-26-47)56(64)60(40-20-16-12-8-4)44-48-27-33-51(34-28-48)55(63)58(38-18-14-10-6-2)42-46-23-29-49(30-24-46)53(57)61/h21-36H,5-20,37-44H2,1-4H3. The fraction of sp³-hybridized carbons (Fsp3) is 0.500. The van der Waals surface area contributed by atoms with Crippen molar-refractivity contribution in [1.82, 2.24) is 19.6 Å². The van der Waals surface area contributed by atoms with Gasteiger partial charge >= 0.3 is 0 Å². The van der Waals surface area contributed by atoms with E-state index in [4.69, 9.17) is 0 Å². The Morgan fingerprint density at radius 3 is 0.641 bits per heavy atom. The molecule has 0 unspecified atom stereocenters. The zero-order valence-corrected chi connectivity index (χ0v) is 39.6. The minimum atomic E-state index is -0.0190. The molecule has 8 nitrogen and oxygen atoms in total. The normalized spacial score (nSPS) is 14.3. The van der Waals surface area contributed by atoms with Crippen LogP contribution in [0.25, 0.3) is 0 Å². The maximum Gasteiger partial charge on any atom is 0.254 e. The molecular weight excluding hydrogens is 793 g/mol.